The van der Waals surface area contributed by atoms with Crippen LogP contribution in [0.4, 0.5) is 4.79 Å². The smallest absolute Gasteiger partial charge is 0.318 e. The number of carbonyl (C=O) groups is 1. The molecule has 0 radical (unpaired) electrons. The summed E-state index contributed by atoms with van der Waals surface area (Å²) in [7, 11) is 0. The third-order valence-corrected chi connectivity index (χ3v) is 3.48. The lowest BCUT2D eigenvalue weighted by Gasteiger charge is -2.06. The number of carbonyl (C=O) groups excluding carboxylic acids is 1. The van der Waals surface area contributed by atoms with Crippen LogP contribution in [0.1, 0.15) is 31.2 Å². The molecule has 0 aromatic heterocycles. The Bertz CT molecular complexity index is 463. The van der Waals surface area contributed by atoms with Crippen LogP contribution in [0, 0.1) is 0 Å². The van der Waals surface area contributed by atoms with Crippen molar-refractivity contribution in [1.29, 1.82) is 0 Å². The summed E-state index contributed by atoms with van der Waals surface area (Å²) >= 11 is 5.90. The van der Waals surface area contributed by atoms with Crippen molar-refractivity contribution in [1.82, 2.24) is 10.6 Å². The highest BCUT2D eigenvalue weighted by Gasteiger charge is 2.06. The standard InChI is InChI=1S/C15H19ClN2O/c16-14-7-3-6-12(10-14)8-9-17-15(19)18-11-13-4-1-2-5-13/h3,6-7,10-11H,1-2,4-5,8-9H2,(H2,17,18,19). The van der Waals surface area contributed by atoms with Crippen LogP contribution < -0.4 is 10.6 Å². The maximum Gasteiger partial charge on any atom is 0.318 e. The molecule has 0 unspecified atom stereocenters. The quantitative estimate of drug-likeness (QED) is 0.867. The van der Waals surface area contributed by atoms with Crippen molar-refractivity contribution in [3.8, 4) is 0 Å². The maximum absolute atomic E-state index is 11.6. The maximum atomic E-state index is 11.6. The van der Waals surface area contributed by atoms with Crippen LogP contribution in [0.25, 0.3) is 0 Å². The molecule has 0 saturated heterocycles. The zero-order valence-electron chi connectivity index (χ0n) is 10.9. The van der Waals surface area contributed by atoms with Crippen molar-refractivity contribution in [2.45, 2.75) is 32.1 Å². The van der Waals surface area contributed by atoms with Gasteiger partial charge in [-0.1, -0.05) is 29.3 Å². The van der Waals surface area contributed by atoms with E-state index in [-0.39, 0.29) is 6.03 Å². The van der Waals surface area contributed by atoms with Crippen molar-refractivity contribution >= 4 is 17.6 Å². The normalized spacial score (nSPS) is 14.3. The third kappa shape index (κ3) is 4.95. The Morgan fingerprint density at radius 1 is 1.32 bits per heavy atom. The average Bonchev–Trinajstić information content (AvgIpc) is 2.89. The Balaban J connectivity index is 1.67. The van der Waals surface area contributed by atoms with Gasteiger partial charge >= 0.3 is 6.03 Å². The fraction of sp³-hybridized carbons (Fsp3) is 0.400. The van der Waals surface area contributed by atoms with Crippen LogP contribution in [-0.2, 0) is 6.42 Å². The van der Waals surface area contributed by atoms with Gasteiger partial charge in [0.15, 0.2) is 0 Å². The molecule has 2 N–H and O–H groups in total. The first kappa shape index (κ1) is 13.9. The second-order valence-electron chi connectivity index (χ2n) is 4.79. The molecule has 2 rings (SSSR count). The number of urea groups is 1. The fourth-order valence-corrected chi connectivity index (χ4v) is 2.42. The predicted octanol–water partition coefficient (Wildman–Crippen LogP) is 3.64. The zero-order valence-corrected chi connectivity index (χ0v) is 11.7. The molecule has 0 aliphatic heterocycles. The summed E-state index contributed by atoms with van der Waals surface area (Å²) in [4.78, 5) is 11.6. The SMILES string of the molecule is O=C(NC=C1CCCC1)NCCc1cccc(Cl)c1. The molecular weight excluding hydrogens is 260 g/mol. The number of nitrogens with one attached hydrogen (secondary N) is 2. The Morgan fingerprint density at radius 3 is 2.84 bits per heavy atom. The highest BCUT2D eigenvalue weighted by atomic mass is 35.5. The molecule has 1 fully saturated rings. The summed E-state index contributed by atoms with van der Waals surface area (Å²) in [5.41, 5.74) is 2.46. The van der Waals surface area contributed by atoms with E-state index in [0.717, 1.165) is 29.8 Å². The first-order valence-electron chi connectivity index (χ1n) is 6.71. The number of rotatable bonds is 4. The second kappa shape index (κ2) is 7.19. The lowest BCUT2D eigenvalue weighted by Crippen LogP contribution is -2.33. The van der Waals surface area contributed by atoms with Gasteiger partial charge in [0.25, 0.3) is 0 Å². The van der Waals surface area contributed by atoms with E-state index in [1.54, 1.807) is 0 Å². The van der Waals surface area contributed by atoms with Crippen LogP contribution in [0.3, 0.4) is 0 Å². The Morgan fingerprint density at radius 2 is 2.11 bits per heavy atom. The second-order valence-corrected chi connectivity index (χ2v) is 5.23. The molecule has 1 aliphatic rings. The van der Waals surface area contributed by atoms with Crippen LogP contribution >= 0.6 is 11.6 Å². The van der Waals surface area contributed by atoms with E-state index in [2.05, 4.69) is 10.6 Å². The van der Waals surface area contributed by atoms with Crippen molar-refractivity contribution in [2.75, 3.05) is 6.54 Å². The van der Waals surface area contributed by atoms with Crippen LogP contribution in [0.5, 0.6) is 0 Å². The average molecular weight is 279 g/mol. The topological polar surface area (TPSA) is 41.1 Å². The van der Waals surface area contributed by atoms with Crippen molar-refractivity contribution in [3.05, 3.63) is 46.6 Å². The number of allylic oxidation sites excluding steroid dienone is 1. The molecule has 19 heavy (non-hydrogen) atoms. The molecular formula is C15H19ClN2O. The molecule has 4 heteroatoms. The Kier molecular flexibility index (Phi) is 5.28. The van der Waals surface area contributed by atoms with Gasteiger partial charge in [0, 0.05) is 17.8 Å². The van der Waals surface area contributed by atoms with Crippen LogP contribution in [0.2, 0.25) is 5.02 Å². The summed E-state index contributed by atoms with van der Waals surface area (Å²) in [6, 6.07) is 7.55. The van der Waals surface area contributed by atoms with E-state index in [1.165, 1.54) is 18.4 Å². The molecule has 0 heterocycles. The van der Waals surface area contributed by atoms with Gasteiger partial charge in [0.05, 0.1) is 0 Å². The summed E-state index contributed by atoms with van der Waals surface area (Å²) in [6.07, 6.45) is 7.34. The Hall–Kier alpha value is -1.48. The lowest BCUT2D eigenvalue weighted by atomic mass is 10.1. The summed E-state index contributed by atoms with van der Waals surface area (Å²) < 4.78 is 0. The van der Waals surface area contributed by atoms with E-state index >= 15 is 0 Å². The van der Waals surface area contributed by atoms with E-state index in [0.29, 0.717) is 6.54 Å². The van der Waals surface area contributed by atoms with Gasteiger partial charge in [-0.15, -0.1) is 0 Å². The number of hydrogen-bond acceptors (Lipinski definition) is 1. The van der Waals surface area contributed by atoms with Crippen LogP contribution in [0.15, 0.2) is 36.0 Å². The van der Waals surface area contributed by atoms with E-state index in [9.17, 15) is 4.79 Å². The summed E-state index contributed by atoms with van der Waals surface area (Å²) in [6.45, 7) is 0.606. The first-order chi connectivity index (χ1) is 9.24. The van der Waals surface area contributed by atoms with E-state index < -0.39 is 0 Å². The minimum Gasteiger partial charge on any atom is -0.338 e. The van der Waals surface area contributed by atoms with E-state index in [4.69, 9.17) is 11.6 Å². The molecule has 1 aromatic carbocycles. The number of amides is 2. The first-order valence-corrected chi connectivity index (χ1v) is 7.08. The third-order valence-electron chi connectivity index (χ3n) is 3.24. The molecule has 0 bridgehead atoms. The van der Waals surface area contributed by atoms with Crippen molar-refractivity contribution in [2.24, 2.45) is 0 Å². The number of hydrogen-bond donors (Lipinski definition) is 2. The van der Waals surface area contributed by atoms with Gasteiger partial charge in [-0.2, -0.15) is 0 Å². The fourth-order valence-electron chi connectivity index (χ4n) is 2.20. The highest BCUT2D eigenvalue weighted by Crippen LogP contribution is 2.22. The van der Waals surface area contributed by atoms with Gasteiger partial charge in [0.2, 0.25) is 0 Å². The predicted molar refractivity (Wildman–Crippen MR) is 78.2 cm³/mol. The van der Waals surface area contributed by atoms with Gasteiger partial charge in [-0.3, -0.25) is 0 Å². The zero-order chi connectivity index (χ0) is 13.5. The monoisotopic (exact) mass is 278 g/mol. The molecule has 1 aromatic rings. The molecule has 2 amide bonds. The largest absolute Gasteiger partial charge is 0.338 e. The number of halogens is 1. The van der Waals surface area contributed by atoms with Gasteiger partial charge in [-0.25, -0.2) is 4.79 Å². The molecule has 3 nitrogen and oxygen atoms in total. The minimum absolute atomic E-state index is 0.138. The molecule has 0 spiro atoms. The molecule has 1 saturated carbocycles. The van der Waals surface area contributed by atoms with Gasteiger partial charge in [0.1, 0.15) is 0 Å². The van der Waals surface area contributed by atoms with Crippen molar-refractivity contribution in [3.63, 3.8) is 0 Å². The number of benzene rings is 1. The van der Waals surface area contributed by atoms with E-state index in [1.807, 2.05) is 30.5 Å². The summed E-state index contributed by atoms with van der Waals surface area (Å²) in [5.74, 6) is 0. The molecule has 1 aliphatic carbocycles. The minimum atomic E-state index is -0.138. The summed E-state index contributed by atoms with van der Waals surface area (Å²) in [5, 5.41) is 6.35. The lowest BCUT2D eigenvalue weighted by molar-refractivity contribution is 0.244. The van der Waals surface area contributed by atoms with Gasteiger partial charge in [-0.05, 0) is 49.8 Å². The van der Waals surface area contributed by atoms with Crippen LogP contribution in [-0.4, -0.2) is 12.6 Å². The Labute approximate surface area is 119 Å². The molecule has 0 atom stereocenters. The highest BCUT2D eigenvalue weighted by molar-refractivity contribution is 6.30. The van der Waals surface area contributed by atoms with Gasteiger partial charge < -0.3 is 10.6 Å². The molecule has 102 valence electrons. The van der Waals surface area contributed by atoms with Crippen molar-refractivity contribution < 1.29 is 4.79 Å².